The molecule has 0 bridgehead atoms. The van der Waals surface area contributed by atoms with Crippen LogP contribution in [0.5, 0.6) is 0 Å². The topological polar surface area (TPSA) is 89.3 Å². The first kappa shape index (κ1) is 24.5. The van der Waals surface area contributed by atoms with Gasteiger partial charge in [0.05, 0.1) is 35.8 Å². The summed E-state index contributed by atoms with van der Waals surface area (Å²) in [5.74, 6) is 1.04. The van der Waals surface area contributed by atoms with Gasteiger partial charge in [-0.2, -0.15) is 0 Å². The average molecular weight is 477 g/mol. The number of para-hydroxylation sites is 1. The van der Waals surface area contributed by atoms with Gasteiger partial charge in [0.1, 0.15) is 11.3 Å². The van der Waals surface area contributed by atoms with Crippen molar-refractivity contribution in [3.8, 4) is 0 Å². The molecule has 7 nitrogen and oxygen atoms in total. The van der Waals surface area contributed by atoms with Crippen LogP contribution >= 0.6 is 11.6 Å². The maximum Gasteiger partial charge on any atom is 0.404 e. The molecular weight excluding hydrogens is 444 g/mol. The lowest BCUT2D eigenvalue weighted by atomic mass is 10.1. The molecule has 0 aliphatic carbocycles. The van der Waals surface area contributed by atoms with Gasteiger partial charge in [-0.05, 0) is 37.0 Å². The molecule has 2 N–H and O–H groups in total. The maximum absolute atomic E-state index is 10.9. The number of pyridine rings is 1. The first-order valence-electron chi connectivity index (χ1n) is 11.0. The van der Waals surface area contributed by atoms with Gasteiger partial charge in [0.15, 0.2) is 8.32 Å². The van der Waals surface area contributed by atoms with E-state index in [-0.39, 0.29) is 17.0 Å². The van der Waals surface area contributed by atoms with Crippen LogP contribution in [0.1, 0.15) is 45.5 Å². The van der Waals surface area contributed by atoms with Gasteiger partial charge < -0.3 is 19.4 Å². The Balaban J connectivity index is 2.04. The van der Waals surface area contributed by atoms with Crippen molar-refractivity contribution >= 4 is 47.9 Å². The molecular formula is C23H33ClN4O3Si. The summed E-state index contributed by atoms with van der Waals surface area (Å²) in [6.07, 6.45) is 2.20. The second kappa shape index (κ2) is 9.76. The number of carboxylic acid groups (broad SMARTS) is 1. The molecule has 0 aliphatic heterocycles. The number of imidazole rings is 1. The van der Waals surface area contributed by atoms with Crippen molar-refractivity contribution in [3.63, 3.8) is 0 Å². The van der Waals surface area contributed by atoms with Crippen LogP contribution < -0.4 is 5.32 Å². The highest BCUT2D eigenvalue weighted by Crippen LogP contribution is 2.38. The van der Waals surface area contributed by atoms with Gasteiger partial charge in [0.2, 0.25) is 0 Å². The quantitative estimate of drug-likeness (QED) is 0.227. The van der Waals surface area contributed by atoms with Crippen LogP contribution in [-0.2, 0) is 10.3 Å². The molecule has 0 aliphatic rings. The van der Waals surface area contributed by atoms with Crippen LogP contribution in [0, 0.1) is 0 Å². The molecule has 1 unspecified atom stereocenters. The molecule has 2 aromatic heterocycles. The SMILES string of the molecule is CC(C)(C)[Si](C)(C)OCC(CCCNC(=O)O)n1c(CCl)nc2cnc3ccccc3c21. The van der Waals surface area contributed by atoms with Crippen LogP contribution in [0.4, 0.5) is 4.79 Å². The third kappa shape index (κ3) is 5.24. The van der Waals surface area contributed by atoms with E-state index in [2.05, 4.69) is 54.8 Å². The van der Waals surface area contributed by atoms with Crippen molar-refractivity contribution in [2.24, 2.45) is 0 Å². The van der Waals surface area contributed by atoms with E-state index in [0.717, 1.165) is 34.2 Å². The number of halogens is 1. The molecule has 0 fully saturated rings. The van der Waals surface area contributed by atoms with E-state index in [0.29, 0.717) is 19.6 Å². The second-order valence-corrected chi connectivity index (χ2v) is 14.7. The zero-order chi connectivity index (χ0) is 23.5. The minimum absolute atomic E-state index is 0.0238. The number of benzene rings is 1. The van der Waals surface area contributed by atoms with E-state index in [1.165, 1.54) is 0 Å². The van der Waals surface area contributed by atoms with Crippen LogP contribution in [0.15, 0.2) is 30.5 Å². The fourth-order valence-electron chi connectivity index (χ4n) is 3.60. The van der Waals surface area contributed by atoms with Crippen LogP contribution in [0.2, 0.25) is 18.1 Å². The Morgan fingerprint density at radius 1 is 1.28 bits per heavy atom. The molecule has 1 aromatic carbocycles. The molecule has 9 heteroatoms. The van der Waals surface area contributed by atoms with E-state index < -0.39 is 14.4 Å². The summed E-state index contributed by atoms with van der Waals surface area (Å²) in [6, 6.07) is 7.99. The Morgan fingerprint density at radius 2 is 2.00 bits per heavy atom. The minimum Gasteiger partial charge on any atom is -0.465 e. The Hall–Kier alpha value is -2.16. The van der Waals surface area contributed by atoms with Gasteiger partial charge in [0.25, 0.3) is 0 Å². The number of aromatic nitrogens is 3. The zero-order valence-electron chi connectivity index (χ0n) is 19.5. The second-order valence-electron chi connectivity index (χ2n) is 9.64. The predicted octanol–water partition coefficient (Wildman–Crippen LogP) is 5.93. The van der Waals surface area contributed by atoms with Gasteiger partial charge in [0, 0.05) is 11.9 Å². The molecule has 3 aromatic rings. The highest BCUT2D eigenvalue weighted by atomic mass is 35.5. The van der Waals surface area contributed by atoms with Gasteiger partial charge in [-0.3, -0.25) is 4.98 Å². The van der Waals surface area contributed by atoms with E-state index in [1.54, 1.807) is 6.20 Å². The molecule has 0 saturated carbocycles. The third-order valence-electron chi connectivity index (χ3n) is 6.41. The van der Waals surface area contributed by atoms with Gasteiger partial charge >= 0.3 is 6.09 Å². The first-order valence-corrected chi connectivity index (χ1v) is 14.4. The van der Waals surface area contributed by atoms with Gasteiger partial charge in [-0.1, -0.05) is 39.0 Å². The van der Waals surface area contributed by atoms with Crippen LogP contribution in [0.25, 0.3) is 21.9 Å². The van der Waals surface area contributed by atoms with Crippen LogP contribution in [0.3, 0.4) is 0 Å². The fraction of sp³-hybridized carbons (Fsp3) is 0.522. The summed E-state index contributed by atoms with van der Waals surface area (Å²) in [6.45, 7) is 12.1. The van der Waals surface area contributed by atoms with Crippen LogP contribution in [-0.4, -0.2) is 47.2 Å². The number of hydrogen-bond acceptors (Lipinski definition) is 4. The van der Waals surface area contributed by atoms with Crippen molar-refractivity contribution in [2.45, 2.75) is 63.7 Å². The normalized spacial score (nSPS) is 13.6. The summed E-state index contributed by atoms with van der Waals surface area (Å²) in [7, 11) is -1.98. The lowest BCUT2D eigenvalue weighted by Gasteiger charge is -2.37. The molecule has 0 spiro atoms. The lowest BCUT2D eigenvalue weighted by Crippen LogP contribution is -2.42. The van der Waals surface area contributed by atoms with Crippen molar-refractivity contribution in [1.29, 1.82) is 0 Å². The largest absolute Gasteiger partial charge is 0.465 e. The van der Waals surface area contributed by atoms with Crippen molar-refractivity contribution < 1.29 is 14.3 Å². The molecule has 2 heterocycles. The molecule has 1 amide bonds. The standard InChI is InChI=1S/C23H33ClN4O3Si/c1-23(2,3)32(4,5)31-15-16(9-8-12-25-22(29)30)28-20(13-24)27-19-14-26-18-11-7-6-10-17(18)21(19)28/h6-7,10-11,14,16,25H,8-9,12-13,15H2,1-5H3,(H,29,30). The summed E-state index contributed by atoms with van der Waals surface area (Å²) in [4.78, 5) is 20.2. The minimum atomic E-state index is -1.98. The monoisotopic (exact) mass is 476 g/mol. The Morgan fingerprint density at radius 3 is 2.66 bits per heavy atom. The number of carbonyl (C=O) groups is 1. The van der Waals surface area contributed by atoms with E-state index in [1.807, 2.05) is 18.2 Å². The Labute approximate surface area is 195 Å². The Kier molecular flexibility index (Phi) is 7.47. The molecule has 0 saturated heterocycles. The molecule has 3 rings (SSSR count). The maximum atomic E-state index is 10.9. The van der Waals surface area contributed by atoms with Gasteiger partial charge in [-0.25, -0.2) is 9.78 Å². The molecule has 174 valence electrons. The lowest BCUT2D eigenvalue weighted by molar-refractivity contribution is 0.193. The van der Waals surface area contributed by atoms with Gasteiger partial charge in [-0.15, -0.1) is 11.6 Å². The van der Waals surface area contributed by atoms with E-state index in [4.69, 9.17) is 26.1 Å². The highest BCUT2D eigenvalue weighted by molar-refractivity contribution is 6.74. The number of fused-ring (bicyclic) bond motifs is 3. The predicted molar refractivity (Wildman–Crippen MR) is 132 cm³/mol. The smallest absolute Gasteiger partial charge is 0.404 e. The summed E-state index contributed by atoms with van der Waals surface area (Å²) in [5, 5.41) is 12.5. The number of nitrogens with zero attached hydrogens (tertiary/aromatic N) is 3. The number of nitrogens with one attached hydrogen (secondary N) is 1. The molecule has 1 atom stereocenters. The third-order valence-corrected chi connectivity index (χ3v) is 11.2. The van der Waals surface area contributed by atoms with Crippen molar-refractivity contribution in [1.82, 2.24) is 19.9 Å². The van der Waals surface area contributed by atoms with Crippen molar-refractivity contribution in [3.05, 3.63) is 36.3 Å². The summed E-state index contributed by atoms with van der Waals surface area (Å²) in [5.41, 5.74) is 2.71. The first-order chi connectivity index (χ1) is 15.0. The van der Waals surface area contributed by atoms with Crippen molar-refractivity contribution in [2.75, 3.05) is 13.2 Å². The van der Waals surface area contributed by atoms with E-state index in [9.17, 15) is 4.79 Å². The molecule has 0 radical (unpaired) electrons. The number of alkyl halides is 1. The highest BCUT2D eigenvalue weighted by Gasteiger charge is 2.38. The summed E-state index contributed by atoms with van der Waals surface area (Å²) >= 11 is 6.34. The number of rotatable bonds is 9. The molecule has 32 heavy (non-hydrogen) atoms. The fourth-order valence-corrected chi connectivity index (χ4v) is 4.83. The Bertz CT molecular complexity index is 1090. The average Bonchev–Trinajstić information content (AvgIpc) is 3.11. The number of hydrogen-bond donors (Lipinski definition) is 2. The zero-order valence-corrected chi connectivity index (χ0v) is 21.2. The van der Waals surface area contributed by atoms with E-state index >= 15 is 0 Å². The number of amides is 1. The summed E-state index contributed by atoms with van der Waals surface area (Å²) < 4.78 is 8.81.